The fourth-order valence-corrected chi connectivity index (χ4v) is 8.90. The van der Waals surface area contributed by atoms with Crippen LogP contribution >= 0.6 is 22.6 Å². The maximum absolute atomic E-state index is 14.5. The third-order valence-corrected chi connectivity index (χ3v) is 11.3. The summed E-state index contributed by atoms with van der Waals surface area (Å²) >= 11 is 2.04. The van der Waals surface area contributed by atoms with E-state index in [-0.39, 0.29) is 41.5 Å². The number of phenolic OH excluding ortho intramolecular Hbond substituents is 1. The lowest BCUT2D eigenvalue weighted by Crippen LogP contribution is -2.48. The van der Waals surface area contributed by atoms with E-state index in [1.54, 1.807) is 30.3 Å². The Hall–Kier alpha value is -3.99. The molecule has 9 heteroatoms. The molecular weight excluding hydrogens is 683 g/mol. The number of para-hydroxylation sites is 1. The standard InChI is InChI=1S/C36H33IN2O6/c1-4-19-10-12-22(13-11-19)38-32(41)24-15-14-23-25(29(24)34(38)43)18-26-33(42)39(21-8-6-5-7-9-21)35(44)36(26,2)30(23)20-16-27(37)31(40)28(17-20)45-3/h5-14,16-17,24-26,29-30,40H,4,15,18H2,1-3H3/t24-,25+,26-,29-,30-,36+/m0/s1. The van der Waals surface area contributed by atoms with Gasteiger partial charge in [0.1, 0.15) is 0 Å². The van der Waals surface area contributed by atoms with Crippen LogP contribution < -0.4 is 14.5 Å². The van der Waals surface area contributed by atoms with Gasteiger partial charge in [-0.1, -0.05) is 48.9 Å². The number of rotatable bonds is 5. The molecule has 4 aliphatic rings. The summed E-state index contributed by atoms with van der Waals surface area (Å²) in [6, 6.07) is 20.0. The van der Waals surface area contributed by atoms with E-state index in [0.717, 1.165) is 23.1 Å². The van der Waals surface area contributed by atoms with Gasteiger partial charge in [-0.15, -0.1) is 0 Å². The fourth-order valence-electron chi connectivity index (χ4n) is 8.27. The van der Waals surface area contributed by atoms with Gasteiger partial charge in [0, 0.05) is 5.92 Å². The molecule has 0 spiro atoms. The topological polar surface area (TPSA) is 104 Å². The number of aromatic hydroxyl groups is 1. The number of halogens is 1. The molecule has 2 aliphatic carbocycles. The number of anilines is 2. The molecule has 3 aromatic rings. The molecule has 0 bridgehead atoms. The maximum atomic E-state index is 14.5. The zero-order valence-electron chi connectivity index (χ0n) is 25.2. The number of phenols is 1. The Morgan fingerprint density at radius 3 is 2.27 bits per heavy atom. The first-order valence-corrected chi connectivity index (χ1v) is 16.4. The lowest BCUT2D eigenvalue weighted by atomic mass is 9.51. The molecule has 7 rings (SSSR count). The van der Waals surface area contributed by atoms with Crippen molar-refractivity contribution in [3.63, 3.8) is 0 Å². The SMILES string of the molecule is CCc1ccc(N2C(=O)[C@H]3[C@H](CC=C4[C@H]3C[C@H]3C(=O)N(c5ccccc5)C(=O)[C@@]3(C)[C@H]4c3cc(I)c(O)c(OC)c3)C2=O)cc1. The van der Waals surface area contributed by atoms with Gasteiger partial charge in [0.25, 0.3) is 0 Å². The van der Waals surface area contributed by atoms with Gasteiger partial charge in [-0.05, 0) is 102 Å². The van der Waals surface area contributed by atoms with E-state index in [1.807, 2.05) is 72.0 Å². The highest BCUT2D eigenvalue weighted by atomic mass is 127. The third kappa shape index (κ3) is 4.22. The minimum atomic E-state index is -1.17. The number of benzene rings is 3. The predicted molar refractivity (Wildman–Crippen MR) is 177 cm³/mol. The maximum Gasteiger partial charge on any atom is 0.241 e. The highest BCUT2D eigenvalue weighted by Crippen LogP contribution is 2.64. The van der Waals surface area contributed by atoms with Crippen LogP contribution in [0.1, 0.15) is 43.7 Å². The number of hydrogen-bond donors (Lipinski definition) is 1. The first-order valence-electron chi connectivity index (χ1n) is 15.3. The molecule has 3 fully saturated rings. The number of ether oxygens (including phenoxy) is 1. The summed E-state index contributed by atoms with van der Waals surface area (Å²) in [7, 11) is 1.47. The van der Waals surface area contributed by atoms with E-state index >= 15 is 0 Å². The molecule has 2 saturated heterocycles. The van der Waals surface area contributed by atoms with Gasteiger partial charge in [-0.25, -0.2) is 4.90 Å². The van der Waals surface area contributed by atoms with Crippen LogP contribution in [0.2, 0.25) is 0 Å². The van der Waals surface area contributed by atoms with Crippen LogP contribution in [0.4, 0.5) is 11.4 Å². The van der Waals surface area contributed by atoms with Crippen molar-refractivity contribution in [1.29, 1.82) is 0 Å². The number of amides is 4. The molecule has 0 radical (unpaired) electrons. The second kappa shape index (κ2) is 10.8. The van der Waals surface area contributed by atoms with E-state index < -0.39 is 35.0 Å². The summed E-state index contributed by atoms with van der Waals surface area (Å²) in [5.41, 5.74) is 2.60. The number of carbonyl (C=O) groups excluding carboxylic acids is 4. The molecular formula is C36H33IN2O6. The Balaban J connectivity index is 1.37. The monoisotopic (exact) mass is 716 g/mol. The molecule has 8 nitrogen and oxygen atoms in total. The number of allylic oxidation sites excluding steroid dienone is 2. The predicted octanol–water partition coefficient (Wildman–Crippen LogP) is 6.00. The Morgan fingerprint density at radius 1 is 0.911 bits per heavy atom. The third-order valence-electron chi connectivity index (χ3n) is 10.5. The second-order valence-electron chi connectivity index (χ2n) is 12.6. The largest absolute Gasteiger partial charge is 0.504 e. The van der Waals surface area contributed by atoms with Crippen LogP contribution in [0.3, 0.4) is 0 Å². The van der Waals surface area contributed by atoms with Gasteiger partial charge in [0.15, 0.2) is 11.5 Å². The van der Waals surface area contributed by atoms with E-state index in [4.69, 9.17) is 4.74 Å². The summed E-state index contributed by atoms with van der Waals surface area (Å²) in [5, 5.41) is 10.7. The highest BCUT2D eigenvalue weighted by Gasteiger charge is 2.67. The second-order valence-corrected chi connectivity index (χ2v) is 13.7. The zero-order valence-corrected chi connectivity index (χ0v) is 27.4. The average molecular weight is 717 g/mol. The highest BCUT2D eigenvalue weighted by molar-refractivity contribution is 14.1. The van der Waals surface area contributed by atoms with Gasteiger partial charge in [0.2, 0.25) is 23.6 Å². The van der Waals surface area contributed by atoms with Gasteiger partial charge in [-0.3, -0.25) is 24.1 Å². The van der Waals surface area contributed by atoms with Gasteiger partial charge >= 0.3 is 0 Å². The molecule has 3 aromatic carbocycles. The summed E-state index contributed by atoms with van der Waals surface area (Å²) in [6.07, 6.45) is 3.51. The Morgan fingerprint density at radius 2 is 1.60 bits per heavy atom. The average Bonchev–Trinajstić information content (AvgIpc) is 3.42. The zero-order chi connectivity index (χ0) is 31.8. The van der Waals surface area contributed by atoms with E-state index in [2.05, 4.69) is 6.92 Å². The van der Waals surface area contributed by atoms with E-state index in [0.29, 0.717) is 21.4 Å². The molecule has 2 heterocycles. The lowest BCUT2D eigenvalue weighted by Gasteiger charge is -2.49. The normalized spacial score (nSPS) is 29.0. The van der Waals surface area contributed by atoms with Crippen LogP contribution in [0, 0.1) is 32.7 Å². The van der Waals surface area contributed by atoms with Crippen LogP contribution in [0.25, 0.3) is 0 Å². The van der Waals surface area contributed by atoms with Crippen molar-refractivity contribution in [2.75, 3.05) is 16.9 Å². The molecule has 0 unspecified atom stereocenters. The number of hydrogen-bond acceptors (Lipinski definition) is 6. The van der Waals surface area contributed by atoms with Crippen LogP contribution in [-0.4, -0.2) is 35.8 Å². The number of methoxy groups -OCH3 is 1. The summed E-state index contributed by atoms with van der Waals surface area (Å²) in [5.74, 6) is -3.77. The van der Waals surface area contributed by atoms with Crippen LogP contribution in [0.15, 0.2) is 78.4 Å². The first kappa shape index (κ1) is 29.7. The molecule has 2 aliphatic heterocycles. The summed E-state index contributed by atoms with van der Waals surface area (Å²) < 4.78 is 6.06. The van der Waals surface area contributed by atoms with Crippen LogP contribution in [0.5, 0.6) is 11.5 Å². The van der Waals surface area contributed by atoms with E-state index in [1.165, 1.54) is 16.9 Å². The molecule has 45 heavy (non-hydrogen) atoms. The Kier molecular flexibility index (Phi) is 7.14. The molecule has 4 amide bonds. The Labute approximate surface area is 275 Å². The fraction of sp³-hybridized carbons (Fsp3) is 0.333. The minimum absolute atomic E-state index is 0.00496. The molecule has 230 valence electrons. The van der Waals surface area contributed by atoms with Crippen molar-refractivity contribution in [2.24, 2.45) is 29.1 Å². The quantitative estimate of drug-likeness (QED) is 0.197. The number of nitrogens with zero attached hydrogens (tertiary/aromatic N) is 2. The summed E-state index contributed by atoms with van der Waals surface area (Å²) in [6.45, 7) is 3.90. The van der Waals surface area contributed by atoms with Crippen molar-refractivity contribution >= 4 is 57.6 Å². The van der Waals surface area contributed by atoms with Crippen molar-refractivity contribution in [1.82, 2.24) is 0 Å². The van der Waals surface area contributed by atoms with Crippen molar-refractivity contribution < 1.29 is 29.0 Å². The summed E-state index contributed by atoms with van der Waals surface area (Å²) in [4.78, 5) is 59.5. The molecule has 1 saturated carbocycles. The van der Waals surface area contributed by atoms with Gasteiger partial charge in [0.05, 0.1) is 45.2 Å². The first-order chi connectivity index (χ1) is 21.6. The van der Waals surface area contributed by atoms with E-state index in [9.17, 15) is 24.3 Å². The molecule has 1 N–H and O–H groups in total. The van der Waals surface area contributed by atoms with Crippen LogP contribution in [-0.2, 0) is 25.6 Å². The number of imide groups is 2. The lowest BCUT2D eigenvalue weighted by molar-refractivity contribution is -0.131. The van der Waals surface area contributed by atoms with Gasteiger partial charge < -0.3 is 9.84 Å². The molecule has 0 aromatic heterocycles. The number of aryl methyl sites for hydroxylation is 1. The van der Waals surface area contributed by atoms with Crippen molar-refractivity contribution in [2.45, 2.75) is 39.0 Å². The minimum Gasteiger partial charge on any atom is -0.504 e. The Bertz CT molecular complexity index is 1790. The number of carbonyl (C=O) groups is 4. The molecule has 6 atom stereocenters. The van der Waals surface area contributed by atoms with Crippen molar-refractivity contribution in [3.05, 3.63) is 93.1 Å². The van der Waals surface area contributed by atoms with Gasteiger partial charge in [-0.2, -0.15) is 0 Å². The smallest absolute Gasteiger partial charge is 0.241 e. The number of fused-ring (bicyclic) bond motifs is 4. The van der Waals surface area contributed by atoms with Crippen molar-refractivity contribution in [3.8, 4) is 11.5 Å².